The van der Waals surface area contributed by atoms with Crippen LogP contribution in [0.5, 0.6) is 17.2 Å². The average molecular weight is 484 g/mol. The summed E-state index contributed by atoms with van der Waals surface area (Å²) in [4.78, 5) is 14.7. The van der Waals surface area contributed by atoms with Crippen molar-refractivity contribution >= 4 is 12.0 Å². The van der Waals surface area contributed by atoms with Crippen LogP contribution in [-0.4, -0.2) is 49.0 Å². The van der Waals surface area contributed by atoms with Crippen molar-refractivity contribution < 1.29 is 19.0 Å². The van der Waals surface area contributed by atoms with Gasteiger partial charge in [-0.05, 0) is 35.9 Å². The van der Waals surface area contributed by atoms with Crippen LogP contribution in [0.25, 0.3) is 23.0 Å². The average Bonchev–Trinajstić information content (AvgIpc) is 3.35. The molecule has 184 valence electrons. The minimum Gasteiger partial charge on any atom is -0.493 e. The summed E-state index contributed by atoms with van der Waals surface area (Å²) in [6.45, 7) is 0.398. The van der Waals surface area contributed by atoms with Gasteiger partial charge < -0.3 is 19.1 Å². The Bertz CT molecular complexity index is 1320. The van der Waals surface area contributed by atoms with Crippen LogP contribution in [-0.2, 0) is 11.3 Å². The van der Waals surface area contributed by atoms with Gasteiger partial charge in [-0.2, -0.15) is 5.10 Å². The molecule has 1 heterocycles. The summed E-state index contributed by atoms with van der Waals surface area (Å²) < 4.78 is 18.0. The molecule has 0 fully saturated rings. The predicted octanol–water partition coefficient (Wildman–Crippen LogP) is 5.24. The normalized spacial score (nSPS) is 10.9. The standard InChI is InChI=1S/C29H29N3O4/c1-31(27(33)16-15-21-17-25(34-2)29(36-4)26(18-21)35-3)19-23-20-32(24-13-9-6-10-14-24)30-28(23)22-11-7-5-8-12-22/h5-18,20H,19H2,1-4H3/b16-15+. The van der Waals surface area contributed by atoms with Crippen LogP contribution in [0.3, 0.4) is 0 Å². The van der Waals surface area contributed by atoms with Crippen molar-refractivity contribution in [1.82, 2.24) is 14.7 Å². The predicted molar refractivity (Wildman–Crippen MR) is 141 cm³/mol. The molecule has 1 aromatic heterocycles. The highest BCUT2D eigenvalue weighted by atomic mass is 16.5. The molecular weight excluding hydrogens is 454 g/mol. The van der Waals surface area contributed by atoms with E-state index in [4.69, 9.17) is 19.3 Å². The van der Waals surface area contributed by atoms with Crippen LogP contribution in [0.4, 0.5) is 0 Å². The zero-order valence-corrected chi connectivity index (χ0v) is 20.8. The smallest absolute Gasteiger partial charge is 0.246 e. The second-order valence-corrected chi connectivity index (χ2v) is 8.14. The fraction of sp³-hybridized carbons (Fsp3) is 0.172. The fourth-order valence-electron chi connectivity index (χ4n) is 3.90. The molecule has 0 saturated heterocycles. The first-order valence-electron chi connectivity index (χ1n) is 11.5. The van der Waals surface area contributed by atoms with Gasteiger partial charge in [-0.25, -0.2) is 4.68 Å². The Kier molecular flexibility index (Phi) is 7.70. The van der Waals surface area contributed by atoms with Gasteiger partial charge in [0.15, 0.2) is 11.5 Å². The van der Waals surface area contributed by atoms with E-state index < -0.39 is 0 Å². The first-order valence-corrected chi connectivity index (χ1v) is 11.5. The number of para-hydroxylation sites is 1. The number of rotatable bonds is 9. The van der Waals surface area contributed by atoms with Gasteiger partial charge in [0.25, 0.3) is 0 Å². The van der Waals surface area contributed by atoms with Crippen molar-refractivity contribution in [3.8, 4) is 34.2 Å². The lowest BCUT2D eigenvalue weighted by molar-refractivity contribution is -0.125. The molecule has 0 aliphatic rings. The summed E-state index contributed by atoms with van der Waals surface area (Å²) in [6, 6.07) is 23.5. The van der Waals surface area contributed by atoms with E-state index in [1.165, 1.54) is 6.08 Å². The van der Waals surface area contributed by atoms with Gasteiger partial charge in [-0.15, -0.1) is 0 Å². The number of likely N-dealkylation sites (N-methyl/N-ethyl adjacent to an activating group) is 1. The molecule has 0 unspecified atom stereocenters. The molecule has 0 radical (unpaired) electrons. The second-order valence-electron chi connectivity index (χ2n) is 8.14. The summed E-state index contributed by atoms with van der Waals surface area (Å²) in [5.41, 5.74) is 4.50. The number of amides is 1. The van der Waals surface area contributed by atoms with Gasteiger partial charge >= 0.3 is 0 Å². The SMILES string of the molecule is COc1cc(/C=C/C(=O)N(C)Cc2cn(-c3ccccc3)nc2-c2ccccc2)cc(OC)c1OC. The number of hydrogen-bond donors (Lipinski definition) is 0. The second kappa shape index (κ2) is 11.3. The van der Waals surface area contributed by atoms with Crippen LogP contribution < -0.4 is 14.2 Å². The number of aromatic nitrogens is 2. The Balaban J connectivity index is 1.58. The maximum absolute atomic E-state index is 13.0. The number of nitrogens with zero attached hydrogens (tertiary/aromatic N) is 3. The van der Waals surface area contributed by atoms with Crippen LogP contribution in [0.2, 0.25) is 0 Å². The van der Waals surface area contributed by atoms with Crippen LogP contribution in [0.15, 0.2) is 85.1 Å². The van der Waals surface area contributed by atoms with E-state index in [1.54, 1.807) is 51.5 Å². The number of benzene rings is 3. The third kappa shape index (κ3) is 5.41. The number of ether oxygens (including phenoxy) is 3. The van der Waals surface area contributed by atoms with E-state index in [-0.39, 0.29) is 5.91 Å². The van der Waals surface area contributed by atoms with Crippen molar-refractivity contribution in [2.24, 2.45) is 0 Å². The summed E-state index contributed by atoms with van der Waals surface area (Å²) in [5, 5.41) is 4.83. The summed E-state index contributed by atoms with van der Waals surface area (Å²) in [6.07, 6.45) is 5.24. The first-order chi connectivity index (χ1) is 17.5. The van der Waals surface area contributed by atoms with Gasteiger partial charge in [0.05, 0.1) is 32.7 Å². The van der Waals surface area contributed by atoms with Crippen LogP contribution >= 0.6 is 0 Å². The largest absolute Gasteiger partial charge is 0.493 e. The third-order valence-electron chi connectivity index (χ3n) is 5.75. The van der Waals surface area contributed by atoms with E-state index in [0.29, 0.717) is 23.8 Å². The van der Waals surface area contributed by atoms with Gasteiger partial charge in [-0.3, -0.25) is 4.79 Å². The maximum Gasteiger partial charge on any atom is 0.246 e. The molecule has 7 nitrogen and oxygen atoms in total. The molecule has 0 atom stereocenters. The van der Waals surface area contributed by atoms with Crippen molar-refractivity contribution in [3.05, 3.63) is 96.2 Å². The third-order valence-corrected chi connectivity index (χ3v) is 5.75. The lowest BCUT2D eigenvalue weighted by Gasteiger charge is -2.15. The lowest BCUT2D eigenvalue weighted by atomic mass is 10.1. The quantitative estimate of drug-likeness (QED) is 0.305. The van der Waals surface area contributed by atoms with Crippen molar-refractivity contribution in [1.29, 1.82) is 0 Å². The Morgan fingerprint density at radius 2 is 1.53 bits per heavy atom. The van der Waals surface area contributed by atoms with Gasteiger partial charge in [0.2, 0.25) is 11.7 Å². The molecule has 36 heavy (non-hydrogen) atoms. The van der Waals surface area contributed by atoms with E-state index >= 15 is 0 Å². The van der Waals surface area contributed by atoms with E-state index in [2.05, 4.69) is 0 Å². The highest BCUT2D eigenvalue weighted by Gasteiger charge is 2.16. The summed E-state index contributed by atoms with van der Waals surface area (Å²) >= 11 is 0. The van der Waals surface area contributed by atoms with Gasteiger partial charge in [0, 0.05) is 37.0 Å². The van der Waals surface area contributed by atoms with E-state index in [0.717, 1.165) is 28.1 Å². The van der Waals surface area contributed by atoms with Crippen LogP contribution in [0.1, 0.15) is 11.1 Å². The number of carbonyl (C=O) groups excluding carboxylic acids is 1. The minimum absolute atomic E-state index is 0.143. The Labute approximate surface area is 211 Å². The molecule has 4 aromatic rings. The number of carbonyl (C=O) groups is 1. The first kappa shape index (κ1) is 24.6. The van der Waals surface area contributed by atoms with E-state index in [1.807, 2.05) is 71.5 Å². The van der Waals surface area contributed by atoms with Gasteiger partial charge in [0.1, 0.15) is 0 Å². The monoisotopic (exact) mass is 483 g/mol. The topological polar surface area (TPSA) is 65.8 Å². The highest BCUT2D eigenvalue weighted by Crippen LogP contribution is 2.38. The zero-order valence-electron chi connectivity index (χ0n) is 20.8. The molecule has 1 amide bonds. The molecule has 0 aliphatic heterocycles. The molecule has 0 N–H and O–H groups in total. The molecule has 7 heteroatoms. The highest BCUT2D eigenvalue weighted by molar-refractivity contribution is 5.92. The molecule has 0 spiro atoms. The lowest BCUT2D eigenvalue weighted by Crippen LogP contribution is -2.24. The van der Waals surface area contributed by atoms with E-state index in [9.17, 15) is 4.79 Å². The van der Waals surface area contributed by atoms with Crippen molar-refractivity contribution in [2.75, 3.05) is 28.4 Å². The van der Waals surface area contributed by atoms with Crippen molar-refractivity contribution in [2.45, 2.75) is 6.54 Å². The number of methoxy groups -OCH3 is 3. The van der Waals surface area contributed by atoms with Gasteiger partial charge in [-0.1, -0.05) is 48.5 Å². The molecular formula is C29H29N3O4. The minimum atomic E-state index is -0.143. The summed E-state index contributed by atoms with van der Waals surface area (Å²) in [5.74, 6) is 1.41. The molecule has 0 aliphatic carbocycles. The molecule has 0 saturated carbocycles. The molecule has 3 aromatic carbocycles. The Morgan fingerprint density at radius 1 is 0.917 bits per heavy atom. The Morgan fingerprint density at radius 3 is 2.11 bits per heavy atom. The molecule has 0 bridgehead atoms. The summed E-state index contributed by atoms with van der Waals surface area (Å²) in [7, 11) is 6.45. The zero-order chi connectivity index (χ0) is 25.5. The van der Waals surface area contributed by atoms with Crippen LogP contribution in [0, 0.1) is 0 Å². The molecule has 4 rings (SSSR count). The van der Waals surface area contributed by atoms with Crippen molar-refractivity contribution in [3.63, 3.8) is 0 Å². The number of hydrogen-bond acceptors (Lipinski definition) is 5. The Hall–Kier alpha value is -4.52. The fourth-order valence-corrected chi connectivity index (χ4v) is 3.90. The maximum atomic E-state index is 13.0.